The first-order valence-electron chi connectivity index (χ1n) is 9.45. The molecule has 1 fully saturated rings. The van der Waals surface area contributed by atoms with Crippen LogP contribution in [0.3, 0.4) is 0 Å². The van der Waals surface area contributed by atoms with E-state index in [-0.39, 0.29) is 11.3 Å². The summed E-state index contributed by atoms with van der Waals surface area (Å²) in [6.07, 6.45) is 3.92. The van der Waals surface area contributed by atoms with Gasteiger partial charge in [0.15, 0.2) is 0 Å². The molecule has 3 nitrogen and oxygen atoms in total. The summed E-state index contributed by atoms with van der Waals surface area (Å²) in [6.45, 7) is 3.57. The van der Waals surface area contributed by atoms with Crippen molar-refractivity contribution in [2.24, 2.45) is 0 Å². The van der Waals surface area contributed by atoms with Gasteiger partial charge < -0.3 is 9.64 Å². The number of benzene rings is 2. The minimum Gasteiger partial charge on any atom is -0.489 e. The van der Waals surface area contributed by atoms with Crippen molar-refractivity contribution in [1.82, 2.24) is 4.90 Å². The molecule has 1 atom stereocenters. The molecule has 0 aliphatic carbocycles. The molecule has 1 heterocycles. The number of carbonyl (C=O) groups is 1. The lowest BCUT2D eigenvalue weighted by atomic mass is 10.1. The van der Waals surface area contributed by atoms with E-state index in [0.29, 0.717) is 13.0 Å². The van der Waals surface area contributed by atoms with E-state index in [4.69, 9.17) is 4.74 Å². The molecule has 26 heavy (non-hydrogen) atoms. The van der Waals surface area contributed by atoms with E-state index >= 15 is 0 Å². The number of hydrogen-bond acceptors (Lipinski definition) is 3. The van der Waals surface area contributed by atoms with Crippen molar-refractivity contribution < 1.29 is 9.53 Å². The SMILES string of the molecule is CCCCCC(=O)N1CCSC1c1cccc(OCc2ccccc2)c1. The standard InChI is InChI=1S/C22H27NO2S/c1-2-3-5-13-21(24)23-14-15-26-22(23)19-11-8-12-20(16-19)25-17-18-9-6-4-7-10-18/h4,6-12,16,22H,2-3,5,13-15,17H2,1H3. The van der Waals surface area contributed by atoms with E-state index < -0.39 is 0 Å². The second-order valence-electron chi connectivity index (χ2n) is 6.61. The molecule has 1 aliphatic heterocycles. The number of nitrogens with zero attached hydrogens (tertiary/aromatic N) is 1. The zero-order chi connectivity index (χ0) is 18.2. The number of carbonyl (C=O) groups excluding carboxylic acids is 1. The fourth-order valence-corrected chi connectivity index (χ4v) is 4.44. The van der Waals surface area contributed by atoms with Gasteiger partial charge in [-0.05, 0) is 29.7 Å². The Morgan fingerprint density at radius 3 is 2.81 bits per heavy atom. The lowest BCUT2D eigenvalue weighted by Gasteiger charge is -2.24. The Morgan fingerprint density at radius 1 is 1.15 bits per heavy atom. The van der Waals surface area contributed by atoms with Gasteiger partial charge in [0.1, 0.15) is 17.7 Å². The van der Waals surface area contributed by atoms with Crippen LogP contribution in [0, 0.1) is 0 Å². The fourth-order valence-electron chi connectivity index (χ4n) is 3.17. The first kappa shape index (κ1) is 18.8. The van der Waals surface area contributed by atoms with Crippen LogP contribution in [0.15, 0.2) is 54.6 Å². The molecular weight excluding hydrogens is 342 g/mol. The van der Waals surface area contributed by atoms with Gasteiger partial charge in [-0.3, -0.25) is 4.79 Å². The molecule has 2 aromatic rings. The summed E-state index contributed by atoms with van der Waals surface area (Å²) in [4.78, 5) is 14.6. The van der Waals surface area contributed by atoms with Gasteiger partial charge in [0, 0.05) is 18.7 Å². The molecule has 0 saturated carbocycles. The van der Waals surface area contributed by atoms with Crippen LogP contribution in [-0.4, -0.2) is 23.1 Å². The van der Waals surface area contributed by atoms with Crippen LogP contribution in [0.5, 0.6) is 5.75 Å². The number of hydrogen-bond donors (Lipinski definition) is 0. The molecule has 0 N–H and O–H groups in total. The fraction of sp³-hybridized carbons (Fsp3) is 0.409. The third-order valence-electron chi connectivity index (χ3n) is 4.60. The van der Waals surface area contributed by atoms with Crippen LogP contribution in [0.4, 0.5) is 0 Å². The van der Waals surface area contributed by atoms with Gasteiger partial charge >= 0.3 is 0 Å². The van der Waals surface area contributed by atoms with Gasteiger partial charge in [-0.1, -0.05) is 62.2 Å². The molecule has 0 bridgehead atoms. The molecule has 0 aromatic heterocycles. The third kappa shape index (κ3) is 5.04. The van der Waals surface area contributed by atoms with Crippen molar-refractivity contribution in [3.8, 4) is 5.75 Å². The van der Waals surface area contributed by atoms with Crippen LogP contribution in [0.1, 0.15) is 49.1 Å². The predicted molar refractivity (Wildman–Crippen MR) is 108 cm³/mol. The first-order chi connectivity index (χ1) is 12.8. The third-order valence-corrected chi connectivity index (χ3v) is 5.86. The van der Waals surface area contributed by atoms with E-state index in [0.717, 1.165) is 48.4 Å². The quantitative estimate of drug-likeness (QED) is 0.582. The van der Waals surface area contributed by atoms with E-state index in [1.807, 2.05) is 47.0 Å². The van der Waals surface area contributed by atoms with Crippen molar-refractivity contribution >= 4 is 17.7 Å². The lowest BCUT2D eigenvalue weighted by Crippen LogP contribution is -2.30. The van der Waals surface area contributed by atoms with Crippen LogP contribution >= 0.6 is 11.8 Å². The summed E-state index contributed by atoms with van der Waals surface area (Å²) < 4.78 is 5.95. The average Bonchev–Trinajstić information content (AvgIpc) is 3.18. The summed E-state index contributed by atoms with van der Waals surface area (Å²) in [6, 6.07) is 18.4. The molecule has 1 aliphatic rings. The maximum atomic E-state index is 12.6. The van der Waals surface area contributed by atoms with Crippen molar-refractivity contribution in [2.75, 3.05) is 12.3 Å². The Labute approximate surface area is 160 Å². The number of amides is 1. The number of thioether (sulfide) groups is 1. The van der Waals surface area contributed by atoms with E-state index in [1.165, 1.54) is 0 Å². The van der Waals surface area contributed by atoms with Crippen molar-refractivity contribution in [3.05, 3.63) is 65.7 Å². The zero-order valence-electron chi connectivity index (χ0n) is 15.4. The van der Waals surface area contributed by atoms with Crippen molar-refractivity contribution in [1.29, 1.82) is 0 Å². The average molecular weight is 370 g/mol. The minimum atomic E-state index is 0.115. The minimum absolute atomic E-state index is 0.115. The molecule has 1 unspecified atom stereocenters. The molecule has 3 rings (SSSR count). The highest BCUT2D eigenvalue weighted by atomic mass is 32.2. The molecule has 138 valence electrons. The molecule has 0 radical (unpaired) electrons. The van der Waals surface area contributed by atoms with Gasteiger partial charge in [-0.15, -0.1) is 11.8 Å². The summed E-state index contributed by atoms with van der Waals surface area (Å²) >= 11 is 1.84. The monoisotopic (exact) mass is 369 g/mol. The zero-order valence-corrected chi connectivity index (χ0v) is 16.2. The highest BCUT2D eigenvalue weighted by Gasteiger charge is 2.30. The highest BCUT2D eigenvalue weighted by Crippen LogP contribution is 2.39. The van der Waals surface area contributed by atoms with Gasteiger partial charge in [-0.25, -0.2) is 0 Å². The Bertz CT molecular complexity index is 704. The number of unbranched alkanes of at least 4 members (excludes halogenated alkanes) is 2. The lowest BCUT2D eigenvalue weighted by molar-refractivity contribution is -0.131. The van der Waals surface area contributed by atoms with Crippen LogP contribution in [0.2, 0.25) is 0 Å². The molecular formula is C22H27NO2S. The first-order valence-corrected chi connectivity index (χ1v) is 10.5. The van der Waals surface area contributed by atoms with Crippen molar-refractivity contribution in [2.45, 2.75) is 44.6 Å². The van der Waals surface area contributed by atoms with Crippen molar-refractivity contribution in [3.63, 3.8) is 0 Å². The summed E-state index contributed by atoms with van der Waals surface area (Å²) in [5.41, 5.74) is 2.31. The summed E-state index contributed by atoms with van der Waals surface area (Å²) in [5, 5.41) is 0.115. The maximum Gasteiger partial charge on any atom is 0.223 e. The van der Waals surface area contributed by atoms with Gasteiger partial charge in [0.25, 0.3) is 0 Å². The van der Waals surface area contributed by atoms with Gasteiger partial charge in [0.2, 0.25) is 5.91 Å². The van der Waals surface area contributed by atoms with E-state index in [1.54, 1.807) is 0 Å². The molecule has 2 aromatic carbocycles. The molecule has 0 spiro atoms. The summed E-state index contributed by atoms with van der Waals surface area (Å²) in [7, 11) is 0. The van der Waals surface area contributed by atoms with Crippen LogP contribution < -0.4 is 4.74 Å². The van der Waals surface area contributed by atoms with E-state index in [2.05, 4.69) is 31.2 Å². The molecule has 1 amide bonds. The second kappa shape index (κ2) is 9.67. The summed E-state index contributed by atoms with van der Waals surface area (Å²) in [5.74, 6) is 2.14. The largest absolute Gasteiger partial charge is 0.489 e. The number of ether oxygens (including phenoxy) is 1. The van der Waals surface area contributed by atoms with Crippen LogP contribution in [0.25, 0.3) is 0 Å². The number of rotatable bonds is 8. The second-order valence-corrected chi connectivity index (χ2v) is 7.80. The Morgan fingerprint density at radius 2 is 2.00 bits per heavy atom. The molecule has 1 saturated heterocycles. The van der Waals surface area contributed by atoms with Gasteiger partial charge in [0.05, 0.1) is 0 Å². The Balaban J connectivity index is 1.63. The predicted octanol–water partition coefficient (Wildman–Crippen LogP) is 5.42. The Hall–Kier alpha value is -1.94. The van der Waals surface area contributed by atoms with E-state index in [9.17, 15) is 4.79 Å². The topological polar surface area (TPSA) is 29.5 Å². The Kier molecular flexibility index (Phi) is 7.01. The normalized spacial score (nSPS) is 16.7. The molecule has 4 heteroatoms. The van der Waals surface area contributed by atoms with Gasteiger partial charge in [-0.2, -0.15) is 0 Å². The van der Waals surface area contributed by atoms with Crippen LogP contribution in [-0.2, 0) is 11.4 Å². The smallest absolute Gasteiger partial charge is 0.223 e. The highest BCUT2D eigenvalue weighted by molar-refractivity contribution is 7.99. The maximum absolute atomic E-state index is 12.6.